The van der Waals surface area contributed by atoms with Crippen LogP contribution in [0, 0.1) is 0 Å². The smallest absolute Gasteiger partial charge is 0 e. The monoisotopic (exact) mass is 143 g/mol. The Morgan fingerprint density at radius 2 is 1.00 bits per heavy atom. The van der Waals surface area contributed by atoms with Gasteiger partial charge in [-0.2, -0.15) is 0 Å². The minimum atomic E-state index is 0. The zero-order valence-corrected chi connectivity index (χ0v) is 9.03. The fourth-order valence-corrected chi connectivity index (χ4v) is 0. The molecule has 0 aliphatic rings. The summed E-state index contributed by atoms with van der Waals surface area (Å²) < 4.78 is 0. The number of rotatable bonds is 0. The fourth-order valence-electron chi connectivity index (χ4n) is 0. The normalized spacial score (nSPS) is 0. The first-order valence-electron chi connectivity index (χ1n) is 0. The van der Waals surface area contributed by atoms with E-state index >= 15 is 0 Å². The molecule has 0 heterocycles. The van der Waals surface area contributed by atoms with Crippen LogP contribution in [0.1, 0.15) is 0 Å². The van der Waals surface area contributed by atoms with E-state index in [-0.39, 0.29) is 70.9 Å². The zero-order chi connectivity index (χ0) is 0. The van der Waals surface area contributed by atoms with Crippen molar-refractivity contribution >= 4 is 51.4 Å². The van der Waals surface area contributed by atoms with E-state index in [9.17, 15) is 0 Å². The van der Waals surface area contributed by atoms with Gasteiger partial charge >= 0.3 is 0 Å². The average molecular weight is 145 g/mol. The molecular weight excluding hydrogens is 145 g/mol. The summed E-state index contributed by atoms with van der Waals surface area (Å²) in [5, 5.41) is 0. The number of hydrogen-bond acceptors (Lipinski definition) is 0. The topological polar surface area (TPSA) is 0 Å². The van der Waals surface area contributed by atoms with Crippen LogP contribution in [0.2, 0.25) is 0 Å². The summed E-state index contributed by atoms with van der Waals surface area (Å²) >= 11 is 0. The van der Waals surface area contributed by atoms with Gasteiger partial charge in [0.25, 0.3) is 0 Å². The van der Waals surface area contributed by atoms with Crippen molar-refractivity contribution in [1.29, 1.82) is 0 Å². The molecule has 0 spiro atoms. The second-order valence-electron chi connectivity index (χ2n) is 0. The Bertz CT molecular complexity index is 8.00. The summed E-state index contributed by atoms with van der Waals surface area (Å²) in [4.78, 5) is 0. The molecular formula is AlMgSiZn. The van der Waals surface area contributed by atoms with Crippen LogP contribution >= 0.6 is 0 Å². The molecule has 0 bridgehead atoms. The maximum Gasteiger partial charge on any atom is 0 e. The third-order valence-corrected chi connectivity index (χ3v) is 0. The first kappa shape index (κ1) is 35.4. The van der Waals surface area contributed by atoms with Gasteiger partial charge in [-0.15, -0.1) is 0 Å². The van der Waals surface area contributed by atoms with Crippen molar-refractivity contribution in [3.05, 3.63) is 0 Å². The van der Waals surface area contributed by atoms with E-state index in [1.54, 1.807) is 0 Å². The van der Waals surface area contributed by atoms with Crippen LogP contribution < -0.4 is 0 Å². The zero-order valence-electron chi connectivity index (χ0n) is 2.49. The Morgan fingerprint density at radius 1 is 1.00 bits per heavy atom. The maximum absolute atomic E-state index is 0. The van der Waals surface area contributed by atoms with E-state index < -0.39 is 0 Å². The first-order chi connectivity index (χ1) is 0. The van der Waals surface area contributed by atoms with Crippen LogP contribution in [0.25, 0.3) is 0 Å². The van der Waals surface area contributed by atoms with Crippen LogP contribution in [0.4, 0.5) is 0 Å². The third kappa shape index (κ3) is 8.91. The van der Waals surface area contributed by atoms with Gasteiger partial charge < -0.3 is 0 Å². The Morgan fingerprint density at radius 3 is 1.00 bits per heavy atom. The molecule has 0 fully saturated rings. The van der Waals surface area contributed by atoms with Gasteiger partial charge in [0.05, 0.1) is 0 Å². The van der Waals surface area contributed by atoms with Gasteiger partial charge in [0.1, 0.15) is 0 Å². The molecule has 0 aromatic heterocycles. The second kappa shape index (κ2) is 19.2. The summed E-state index contributed by atoms with van der Waals surface area (Å²) in [6.45, 7) is 0. The third-order valence-electron chi connectivity index (χ3n) is 0. The van der Waals surface area contributed by atoms with Gasteiger partial charge in [-0.25, -0.2) is 0 Å². The summed E-state index contributed by atoms with van der Waals surface area (Å²) in [7, 11) is 0. The minimum absolute atomic E-state index is 0. The van der Waals surface area contributed by atoms with Gasteiger partial charge in [0.15, 0.2) is 0 Å². The largest absolute Gasteiger partial charge is 0 e. The molecule has 0 atom stereocenters. The molecule has 0 aliphatic carbocycles. The summed E-state index contributed by atoms with van der Waals surface area (Å²) in [5.74, 6) is 0. The van der Waals surface area contributed by atoms with E-state index in [0.717, 1.165) is 0 Å². The molecule has 4 heavy (non-hydrogen) atoms. The molecule has 0 aromatic carbocycles. The van der Waals surface area contributed by atoms with E-state index in [1.807, 2.05) is 0 Å². The van der Waals surface area contributed by atoms with Crippen LogP contribution in [-0.4, -0.2) is 51.4 Å². The Balaban J connectivity index is 0. The fraction of sp³-hybridized carbons (Fsp3) is 0. The van der Waals surface area contributed by atoms with Crippen molar-refractivity contribution in [2.45, 2.75) is 0 Å². The predicted octanol–water partition coefficient (Wildman–Crippen LogP) is -1.14. The Hall–Kier alpha value is 2.14. The van der Waals surface area contributed by atoms with Crippen molar-refractivity contribution in [3.63, 3.8) is 0 Å². The van der Waals surface area contributed by atoms with Crippen LogP contribution in [0.3, 0.4) is 0 Å². The Kier molecular flexibility index (Phi) is 170. The van der Waals surface area contributed by atoms with E-state index in [1.165, 1.54) is 0 Å². The minimum Gasteiger partial charge on any atom is 0 e. The molecule has 0 amide bonds. The molecule has 11 valence electrons. The maximum atomic E-state index is 0. The quantitative estimate of drug-likeness (QED) is 0.377. The summed E-state index contributed by atoms with van der Waals surface area (Å²) in [5.41, 5.74) is 0. The first-order valence-corrected chi connectivity index (χ1v) is 0. The molecule has 0 unspecified atom stereocenters. The van der Waals surface area contributed by atoms with Gasteiger partial charge in [-0.1, -0.05) is 0 Å². The van der Waals surface area contributed by atoms with E-state index in [0.29, 0.717) is 0 Å². The standard InChI is InChI=1S/Al.Mg.Si.Zn. The van der Waals surface area contributed by atoms with Crippen molar-refractivity contribution in [2.75, 3.05) is 0 Å². The van der Waals surface area contributed by atoms with Gasteiger partial charge in [0, 0.05) is 70.9 Å². The van der Waals surface area contributed by atoms with Gasteiger partial charge in [0.2, 0.25) is 0 Å². The Labute approximate surface area is 70.2 Å². The van der Waals surface area contributed by atoms with E-state index in [4.69, 9.17) is 0 Å². The molecule has 0 N–H and O–H groups in total. The van der Waals surface area contributed by atoms with Crippen molar-refractivity contribution in [3.8, 4) is 0 Å². The molecule has 0 aromatic rings. The van der Waals surface area contributed by atoms with Gasteiger partial charge in [-0.3, -0.25) is 0 Å². The molecule has 0 saturated heterocycles. The molecule has 0 aliphatic heterocycles. The van der Waals surface area contributed by atoms with Crippen LogP contribution in [0.15, 0.2) is 0 Å². The second-order valence-corrected chi connectivity index (χ2v) is 0. The van der Waals surface area contributed by atoms with Crippen molar-refractivity contribution in [2.24, 2.45) is 0 Å². The molecule has 9 radical (unpaired) electrons. The van der Waals surface area contributed by atoms with E-state index in [2.05, 4.69) is 0 Å². The average Bonchev–Trinajstić information content (AvgIpc) is 0. The van der Waals surface area contributed by atoms with Gasteiger partial charge in [-0.05, 0) is 0 Å². The van der Waals surface area contributed by atoms with Crippen LogP contribution in [0.5, 0.6) is 0 Å². The predicted molar refractivity (Wildman–Crippen MR) is 17.3 cm³/mol. The summed E-state index contributed by atoms with van der Waals surface area (Å²) in [6, 6.07) is 0. The molecule has 0 saturated carbocycles. The molecule has 0 rings (SSSR count). The van der Waals surface area contributed by atoms with Crippen molar-refractivity contribution in [1.82, 2.24) is 0 Å². The molecule has 0 nitrogen and oxygen atoms in total. The molecule has 4 heteroatoms. The number of hydrogen-bond donors (Lipinski definition) is 0. The summed E-state index contributed by atoms with van der Waals surface area (Å²) in [6.07, 6.45) is 0. The van der Waals surface area contributed by atoms with Crippen LogP contribution in [-0.2, 0) is 19.5 Å². The van der Waals surface area contributed by atoms with Crippen molar-refractivity contribution < 1.29 is 19.5 Å². The SMILES string of the molecule is [Al].[Mg].[Si].[Zn].